The molecule has 5 heterocycles. The fourth-order valence-electron chi connectivity index (χ4n) is 8.93. The van der Waals surface area contributed by atoms with E-state index in [4.69, 9.17) is 61.7 Å². The van der Waals surface area contributed by atoms with Gasteiger partial charge in [0, 0.05) is 0 Å². The highest BCUT2D eigenvalue weighted by molar-refractivity contribution is 7.01. The summed E-state index contributed by atoms with van der Waals surface area (Å²) in [6.07, 6.45) is 0. The summed E-state index contributed by atoms with van der Waals surface area (Å²) in [5.74, 6) is 0. The monoisotopic (exact) mass is 1390 g/mol. The molecule has 5 fully saturated rings. The van der Waals surface area contributed by atoms with Crippen LogP contribution in [0.15, 0.2) is 111 Å². The van der Waals surface area contributed by atoms with Crippen molar-refractivity contribution in [3.05, 3.63) is 111 Å². The molecule has 0 atom stereocenters. The third kappa shape index (κ3) is 20.2. The van der Waals surface area contributed by atoms with Crippen LogP contribution < -0.4 is 0 Å². The van der Waals surface area contributed by atoms with E-state index in [-0.39, 0.29) is 16.6 Å². The Labute approximate surface area is 513 Å². The first-order valence-electron chi connectivity index (χ1n) is 29.2. The molecule has 0 aromatic carbocycles. The second-order valence-electron chi connectivity index (χ2n) is 23.9. The number of rotatable bonds is 18. The standard InChI is InChI=1S/C15H30O3Si3.C12H30O3Si3.C12H24O3Si3.C9H18O3Si3.C3H12O3Si3/c1-10-19(13(4)5)16-20(11-2,14(6)7)18-21(12-3,17-19)15(8)9;1-10(2)16(7)13-17(8,11(3)4)15-18(9,14-16)12(5)6;1-7-16(8-2)13-17(9-3,10-4)15-18(11-5,12-6)14-16;1-7-13(4)10-14(5,8-2)12-15(6,9-3)11-13;1-7-4-8(2)6-9(3)5-7/h10-15H,1-3H2,4-9H3;10-12H,1-9H3;7,9,11H,1,3,5,8,10,12H2,2,4,6H3;7-9H,1-3H2,4-6H3;7-9H,1-3H3. The average molecular weight is 1390 g/mol. The Bertz CT molecular complexity index is 1860. The van der Waals surface area contributed by atoms with E-state index in [9.17, 15) is 0 Å². The number of hydrogen-bond acceptors (Lipinski definition) is 15. The van der Waals surface area contributed by atoms with Gasteiger partial charge in [0.05, 0.1) is 0 Å². The Morgan fingerprint density at radius 3 is 0.605 bits per heavy atom. The van der Waals surface area contributed by atoms with E-state index in [1.54, 1.807) is 17.1 Å². The maximum atomic E-state index is 6.57. The van der Waals surface area contributed by atoms with Crippen molar-refractivity contribution in [3.63, 3.8) is 0 Å². The van der Waals surface area contributed by atoms with Gasteiger partial charge in [-0.1, -0.05) is 155 Å². The van der Waals surface area contributed by atoms with Crippen LogP contribution in [0.5, 0.6) is 0 Å². The second kappa shape index (κ2) is 31.7. The molecule has 0 saturated carbocycles. The maximum Gasteiger partial charge on any atom is 0.349 e. The minimum Gasteiger partial charge on any atom is -0.420 e. The molecule has 0 unspecified atom stereocenters. The van der Waals surface area contributed by atoms with Crippen molar-refractivity contribution >= 4 is 131 Å². The minimum absolute atomic E-state index is 0.273. The molecule has 0 bridgehead atoms. The van der Waals surface area contributed by atoms with Crippen LogP contribution in [-0.4, -0.2) is 131 Å². The Morgan fingerprint density at radius 2 is 0.481 bits per heavy atom. The molecule has 5 aliphatic heterocycles. The van der Waals surface area contributed by atoms with Gasteiger partial charge in [0.2, 0.25) is 0 Å². The van der Waals surface area contributed by atoms with Crippen LogP contribution in [0, 0.1) is 0 Å². The summed E-state index contributed by atoms with van der Waals surface area (Å²) in [7, 11) is -31.6. The Hall–Kier alpha value is 0.313. The van der Waals surface area contributed by atoms with Crippen molar-refractivity contribution in [2.24, 2.45) is 0 Å². The Morgan fingerprint density at radius 1 is 0.284 bits per heavy atom. The van der Waals surface area contributed by atoms with E-state index < -0.39 is 131 Å². The van der Waals surface area contributed by atoms with Gasteiger partial charge in [0.1, 0.15) is 0 Å². The molecule has 0 amide bonds. The predicted molar refractivity (Wildman–Crippen MR) is 373 cm³/mol. The maximum absolute atomic E-state index is 6.57. The van der Waals surface area contributed by atoms with E-state index in [1.165, 1.54) is 0 Å². The molecule has 0 aliphatic carbocycles. The summed E-state index contributed by atoms with van der Waals surface area (Å²) in [6, 6.07) is 2.56. The highest BCUT2D eigenvalue weighted by Crippen LogP contribution is 2.47. The summed E-state index contributed by atoms with van der Waals surface area (Å²) in [6.45, 7) is 86.5. The third-order valence-electron chi connectivity index (χ3n) is 15.5. The van der Waals surface area contributed by atoms with Gasteiger partial charge in [0.15, 0.2) is 0 Å². The Kier molecular flexibility index (Phi) is 31.0. The molecule has 0 aromatic rings. The third-order valence-corrected chi connectivity index (χ3v) is 80.0. The van der Waals surface area contributed by atoms with Crippen LogP contribution in [0.25, 0.3) is 0 Å². The molecule has 468 valence electrons. The molecule has 0 N–H and O–H groups in total. The quantitative estimate of drug-likeness (QED) is 0.120. The largest absolute Gasteiger partial charge is 0.420 e. The molecule has 0 aromatic heterocycles. The zero-order chi connectivity index (χ0) is 63.3. The van der Waals surface area contributed by atoms with Gasteiger partial charge in [0.25, 0.3) is 27.9 Å². The first kappa shape index (κ1) is 79.3. The fourth-order valence-corrected chi connectivity index (χ4v) is 79.8. The summed E-state index contributed by atoms with van der Waals surface area (Å²) in [5, 5.41) is 0. The normalized spacial score (nSPS) is 41.3. The van der Waals surface area contributed by atoms with Crippen LogP contribution >= 0.6 is 0 Å². The zero-order valence-electron chi connectivity index (χ0n) is 55.0. The molecule has 30 heteroatoms. The van der Waals surface area contributed by atoms with E-state index in [2.05, 4.69) is 202 Å². The lowest BCUT2D eigenvalue weighted by Gasteiger charge is -2.54. The SMILES string of the molecule is C=C[Si]1(C(C)C)O[Si](C=C)(C(C)C)O[Si](C=C)(C(C)C)O1.C=C[Si]1(C)O[Si](C)(C=C)O[Si](C)(C=C)O1.C=C[Si]1(CC)O[Si](C=C)(CC)O[Si](C=C)(CC)O1.CC(C)[Si]1(C)O[Si](C)(C(C)C)O[Si](C)(C(C)C)O1.C[SiH]1O[SiH](C)O[SiH](C)O1. The lowest BCUT2D eigenvalue weighted by atomic mass is 10.6. The molecular formula is C51H114O15Si15. The van der Waals surface area contributed by atoms with Gasteiger partial charge >= 0.3 is 103 Å². The molecular weight excluding hydrogens is 1270 g/mol. The lowest BCUT2D eigenvalue weighted by molar-refractivity contribution is 0.204. The van der Waals surface area contributed by atoms with Crippen LogP contribution in [0.1, 0.15) is 104 Å². The number of hydrogen-bond donors (Lipinski definition) is 0. The highest BCUT2D eigenvalue weighted by Gasteiger charge is 2.64. The van der Waals surface area contributed by atoms with Crippen molar-refractivity contribution in [1.82, 2.24) is 0 Å². The molecule has 5 aliphatic rings. The summed E-state index contributed by atoms with van der Waals surface area (Å²) < 4.78 is 92.2. The van der Waals surface area contributed by atoms with Gasteiger partial charge in [-0.15, -0.1) is 59.2 Å². The van der Waals surface area contributed by atoms with E-state index >= 15 is 0 Å². The summed E-state index contributed by atoms with van der Waals surface area (Å²) in [5.41, 5.74) is 19.0. The first-order chi connectivity index (χ1) is 37.1. The lowest BCUT2D eigenvalue weighted by Crippen LogP contribution is -2.71. The second-order valence-corrected chi connectivity index (χ2v) is 74.4. The minimum atomic E-state index is -2.55. The zero-order valence-corrected chi connectivity index (χ0v) is 70.5. The van der Waals surface area contributed by atoms with Gasteiger partial charge < -0.3 is 61.7 Å². The van der Waals surface area contributed by atoms with Crippen molar-refractivity contribution in [2.75, 3.05) is 0 Å². The van der Waals surface area contributed by atoms with E-state index in [0.29, 0.717) is 16.6 Å². The van der Waals surface area contributed by atoms with Gasteiger partial charge in [-0.25, -0.2) is 0 Å². The first-order valence-corrected chi connectivity index (χ1v) is 62.0. The van der Waals surface area contributed by atoms with Crippen molar-refractivity contribution in [1.29, 1.82) is 0 Å². The van der Waals surface area contributed by atoms with Crippen LogP contribution in [-0.2, 0) is 61.7 Å². The van der Waals surface area contributed by atoms with Crippen LogP contribution in [0.3, 0.4) is 0 Å². The van der Waals surface area contributed by atoms with Crippen LogP contribution in [0.4, 0.5) is 0 Å². The smallest absolute Gasteiger partial charge is 0.349 e. The van der Waals surface area contributed by atoms with Gasteiger partial charge in [-0.3, -0.25) is 0 Å². The average Bonchev–Trinajstić information content (AvgIpc) is 3.39. The van der Waals surface area contributed by atoms with Crippen molar-refractivity contribution in [3.8, 4) is 0 Å². The topological polar surface area (TPSA) is 138 Å². The molecule has 81 heavy (non-hydrogen) atoms. The molecule has 0 radical (unpaired) electrons. The summed E-state index contributed by atoms with van der Waals surface area (Å²) in [4.78, 5) is 0. The molecule has 15 nitrogen and oxygen atoms in total. The highest BCUT2D eigenvalue weighted by atomic mass is 28.5. The van der Waals surface area contributed by atoms with Crippen LogP contribution in [0.2, 0.25) is 110 Å². The molecule has 0 spiro atoms. The van der Waals surface area contributed by atoms with Gasteiger partial charge in [-0.2, -0.15) is 0 Å². The van der Waals surface area contributed by atoms with Gasteiger partial charge in [-0.05, 0) is 110 Å². The Balaban J connectivity index is 0.000000516. The van der Waals surface area contributed by atoms with Crippen molar-refractivity contribution in [2.45, 2.75) is 214 Å². The van der Waals surface area contributed by atoms with Crippen molar-refractivity contribution < 1.29 is 61.7 Å². The van der Waals surface area contributed by atoms with E-state index in [1.807, 2.05) is 53.8 Å². The summed E-state index contributed by atoms with van der Waals surface area (Å²) >= 11 is 0. The van der Waals surface area contributed by atoms with E-state index in [0.717, 1.165) is 18.1 Å². The molecule has 5 rings (SSSR count). The molecule has 5 saturated heterocycles. The fraction of sp³-hybridized carbons (Fsp3) is 0.647. The predicted octanol–water partition coefficient (Wildman–Crippen LogP) is 14.9.